The van der Waals surface area contributed by atoms with Gasteiger partial charge in [0.2, 0.25) is 11.8 Å². The van der Waals surface area contributed by atoms with E-state index in [1.54, 1.807) is 24.7 Å². The fraction of sp³-hybridized carbons (Fsp3) is 0.450. The minimum atomic E-state index is -1.22. The first kappa shape index (κ1) is 21.2. The van der Waals surface area contributed by atoms with Crippen LogP contribution in [0.25, 0.3) is 10.4 Å². The van der Waals surface area contributed by atoms with Crippen molar-refractivity contribution in [3.05, 3.63) is 28.8 Å². The molecule has 2 N–H and O–H groups in total. The largest absolute Gasteiger partial charge is 0.477 e. The van der Waals surface area contributed by atoms with Gasteiger partial charge in [-0.15, -0.1) is 11.3 Å². The average Bonchev–Trinajstić information content (AvgIpc) is 3.30. The van der Waals surface area contributed by atoms with Crippen LogP contribution in [0.5, 0.6) is 0 Å². The number of carboxylic acids is 1. The Balaban J connectivity index is 1.74. The van der Waals surface area contributed by atoms with Crippen molar-refractivity contribution in [2.75, 3.05) is 14.1 Å². The number of nitrogens with zero attached hydrogens (tertiary/aromatic N) is 4. The van der Waals surface area contributed by atoms with Crippen molar-refractivity contribution in [3.63, 3.8) is 0 Å². The highest BCUT2D eigenvalue weighted by Crippen LogP contribution is 2.51. The summed E-state index contributed by atoms with van der Waals surface area (Å²) in [5, 5.41) is 19.8. The number of carbonyl (C=O) groups excluding carboxylic acids is 3. The maximum atomic E-state index is 12.6. The first-order chi connectivity index (χ1) is 14.5. The van der Waals surface area contributed by atoms with E-state index < -0.39 is 35.7 Å². The Bertz CT molecular complexity index is 1160. The molecule has 0 aromatic carbocycles. The van der Waals surface area contributed by atoms with Gasteiger partial charge in [0.15, 0.2) is 5.78 Å². The van der Waals surface area contributed by atoms with Crippen LogP contribution in [0.1, 0.15) is 35.6 Å². The molecule has 31 heavy (non-hydrogen) atoms. The molecule has 2 amide bonds. The van der Waals surface area contributed by atoms with E-state index in [1.165, 1.54) is 34.4 Å². The van der Waals surface area contributed by atoms with Crippen molar-refractivity contribution < 1.29 is 29.4 Å². The molecule has 1 saturated heterocycles. The van der Waals surface area contributed by atoms with Crippen LogP contribution in [-0.4, -0.2) is 79.2 Å². The number of fused-ring (bicyclic) bond motifs is 2. The monoisotopic (exact) mass is 446 g/mol. The molecule has 4 rings (SSSR count). The Kier molecular flexibility index (Phi) is 4.97. The van der Waals surface area contributed by atoms with Gasteiger partial charge in [-0.2, -0.15) is 0 Å². The Hall–Kier alpha value is -3.05. The number of aliphatic hydroxyl groups excluding tert-OH is 1. The average molecular weight is 446 g/mol. The molecular formula is C20H22N4O6S. The van der Waals surface area contributed by atoms with Crippen molar-refractivity contribution in [2.24, 2.45) is 11.8 Å². The number of β-lactam (4-membered cyclic amide) rings is 1. The summed E-state index contributed by atoms with van der Waals surface area (Å²) in [7, 11) is 3.13. The van der Waals surface area contributed by atoms with Gasteiger partial charge in [0.05, 0.1) is 29.4 Å². The first-order valence-corrected chi connectivity index (χ1v) is 10.5. The van der Waals surface area contributed by atoms with Crippen molar-refractivity contribution in [1.82, 2.24) is 19.2 Å². The zero-order chi connectivity index (χ0) is 22.8. The fourth-order valence-electron chi connectivity index (χ4n) is 4.39. The van der Waals surface area contributed by atoms with Gasteiger partial charge >= 0.3 is 5.97 Å². The lowest BCUT2D eigenvalue weighted by Crippen LogP contribution is -2.63. The highest BCUT2D eigenvalue weighted by atomic mass is 32.1. The number of ketones is 1. The van der Waals surface area contributed by atoms with Gasteiger partial charge in [0.25, 0.3) is 0 Å². The zero-order valence-electron chi connectivity index (χ0n) is 17.4. The summed E-state index contributed by atoms with van der Waals surface area (Å²) in [5.74, 6) is -3.34. The van der Waals surface area contributed by atoms with E-state index >= 15 is 0 Å². The molecule has 0 spiro atoms. The number of aromatic nitrogens is 2. The molecule has 164 valence electrons. The van der Waals surface area contributed by atoms with Crippen LogP contribution in [0.3, 0.4) is 0 Å². The van der Waals surface area contributed by atoms with Gasteiger partial charge < -0.3 is 20.0 Å². The summed E-state index contributed by atoms with van der Waals surface area (Å²) in [6, 6.07) is -0.424. The van der Waals surface area contributed by atoms with Gasteiger partial charge in [-0.05, 0) is 6.92 Å². The Morgan fingerprint density at radius 1 is 1.32 bits per heavy atom. The normalized spacial score (nSPS) is 23.7. The molecule has 0 radical (unpaired) electrons. The number of thiazole rings is 1. The number of hydrogen-bond acceptors (Lipinski definition) is 7. The van der Waals surface area contributed by atoms with Crippen molar-refractivity contribution in [1.29, 1.82) is 0 Å². The molecule has 10 nitrogen and oxygen atoms in total. The van der Waals surface area contributed by atoms with Crippen molar-refractivity contribution in [2.45, 2.75) is 32.4 Å². The number of carboxylic acid groups (broad SMARTS) is 1. The molecule has 4 atom stereocenters. The summed E-state index contributed by atoms with van der Waals surface area (Å²) < 4.78 is 1.62. The smallest absolute Gasteiger partial charge is 0.352 e. The van der Waals surface area contributed by atoms with Gasteiger partial charge in [-0.25, -0.2) is 9.78 Å². The molecule has 4 heterocycles. The van der Waals surface area contributed by atoms with E-state index in [1.807, 2.05) is 6.92 Å². The molecule has 0 bridgehead atoms. The Morgan fingerprint density at radius 3 is 2.58 bits per heavy atom. The van der Waals surface area contributed by atoms with Crippen LogP contribution in [0.15, 0.2) is 18.2 Å². The van der Waals surface area contributed by atoms with E-state index in [4.69, 9.17) is 0 Å². The second kappa shape index (κ2) is 7.27. The minimum absolute atomic E-state index is 0.0903. The van der Waals surface area contributed by atoms with Crippen LogP contribution in [0.2, 0.25) is 0 Å². The molecule has 2 aromatic heterocycles. The van der Waals surface area contributed by atoms with Gasteiger partial charge in [0, 0.05) is 31.8 Å². The van der Waals surface area contributed by atoms with E-state index in [-0.39, 0.29) is 29.6 Å². The van der Waals surface area contributed by atoms with Crippen LogP contribution in [-0.2, 0) is 14.4 Å². The number of rotatable bonds is 6. The second-order valence-electron chi connectivity index (χ2n) is 8.11. The molecular weight excluding hydrogens is 424 g/mol. The summed E-state index contributed by atoms with van der Waals surface area (Å²) in [5.41, 5.74) is 0.550. The summed E-state index contributed by atoms with van der Waals surface area (Å²) in [4.78, 5) is 56.8. The molecule has 1 fully saturated rings. The second-order valence-corrected chi connectivity index (χ2v) is 9.14. The number of amides is 2. The van der Waals surface area contributed by atoms with E-state index in [0.717, 1.165) is 0 Å². The predicted molar refractivity (Wildman–Crippen MR) is 110 cm³/mol. The maximum Gasteiger partial charge on any atom is 0.352 e. The number of aliphatic hydroxyl groups is 1. The lowest BCUT2D eigenvalue weighted by Gasteiger charge is -2.46. The number of aliphatic carboxylic acids is 1. The minimum Gasteiger partial charge on any atom is -0.477 e. The lowest BCUT2D eigenvalue weighted by molar-refractivity contribution is -0.163. The highest BCUT2D eigenvalue weighted by Gasteiger charge is 2.60. The number of carbonyl (C=O) groups is 4. The Morgan fingerprint density at radius 2 is 2.00 bits per heavy atom. The molecule has 2 aliphatic rings. The summed E-state index contributed by atoms with van der Waals surface area (Å²) >= 11 is 1.19. The molecule has 2 aliphatic heterocycles. The van der Waals surface area contributed by atoms with E-state index in [9.17, 15) is 29.4 Å². The molecule has 0 saturated carbocycles. The van der Waals surface area contributed by atoms with Crippen LogP contribution in [0, 0.1) is 11.8 Å². The lowest BCUT2D eigenvalue weighted by atomic mass is 9.77. The summed E-state index contributed by atoms with van der Waals surface area (Å²) in [6.45, 7) is 3.36. The van der Waals surface area contributed by atoms with Gasteiger partial charge in [-0.3, -0.25) is 18.8 Å². The fourth-order valence-corrected chi connectivity index (χ4v) is 5.62. The van der Waals surface area contributed by atoms with Crippen LogP contribution in [0.4, 0.5) is 0 Å². The third-order valence-corrected chi connectivity index (χ3v) is 7.07. The molecule has 0 unspecified atom stereocenters. The van der Waals surface area contributed by atoms with Gasteiger partial charge in [-0.1, -0.05) is 6.92 Å². The Labute approximate surface area is 181 Å². The molecule has 0 aliphatic carbocycles. The highest BCUT2D eigenvalue weighted by molar-refractivity contribution is 7.18. The predicted octanol–water partition coefficient (Wildman–Crippen LogP) is 0.710. The van der Waals surface area contributed by atoms with Gasteiger partial charge in [0.1, 0.15) is 22.5 Å². The van der Waals surface area contributed by atoms with E-state index in [0.29, 0.717) is 15.3 Å². The van der Waals surface area contributed by atoms with Crippen molar-refractivity contribution >= 4 is 45.3 Å². The first-order valence-electron chi connectivity index (χ1n) is 9.73. The topological polar surface area (TPSA) is 133 Å². The molecule has 2 aromatic rings. The number of hydrogen-bond donors (Lipinski definition) is 2. The third-order valence-electron chi connectivity index (χ3n) is 5.93. The molecule has 11 heteroatoms. The van der Waals surface area contributed by atoms with Crippen LogP contribution >= 0.6 is 11.3 Å². The van der Waals surface area contributed by atoms with Crippen LogP contribution < -0.4 is 0 Å². The SMILES string of the molecule is C[C@@H](O)[C@H]1C(=O)N2C(C(=O)O)=C(c3cn4cnc(C(=O)CC(=O)N(C)C)c4s3)[C@H](C)[C@H]12. The quantitative estimate of drug-likeness (QED) is 0.379. The van der Waals surface area contributed by atoms with E-state index in [2.05, 4.69) is 4.98 Å². The standard InChI is InChI=1S/C20H22N4O6S/c1-8-13(17(20(29)30)24-16(8)14(9(2)25)18(24)28)11-6-23-7-21-15(19(23)31-11)10(26)5-12(27)22(3)4/h6-9,14,16,25H,5H2,1-4H3,(H,29,30)/t8-,9+,14+,16+/m0/s1. The number of Topliss-reactive ketones (excluding diaryl/α,β-unsaturated/α-hetero) is 1. The van der Waals surface area contributed by atoms with Crippen molar-refractivity contribution in [3.8, 4) is 0 Å². The zero-order valence-corrected chi connectivity index (χ0v) is 18.2. The summed E-state index contributed by atoms with van der Waals surface area (Å²) in [6.07, 6.45) is 1.93. The third kappa shape index (κ3) is 3.07. The maximum absolute atomic E-state index is 12.6. The number of imidazole rings is 1.